The topological polar surface area (TPSA) is 59.3 Å². The Balaban J connectivity index is 1.58. The molecule has 0 N–H and O–H groups in total. The molecular formula is C29H37NO3. The van der Waals surface area contributed by atoms with Gasteiger partial charge in [0.1, 0.15) is 5.75 Å². The first-order chi connectivity index (χ1) is 16.0. The van der Waals surface area contributed by atoms with Gasteiger partial charge in [-0.25, -0.2) is 0 Å². The summed E-state index contributed by atoms with van der Waals surface area (Å²) in [6, 6.07) is 19.8. The lowest BCUT2D eigenvalue weighted by Crippen LogP contribution is -2.26. The Bertz CT molecular complexity index is 908. The molecule has 0 fully saturated rings. The van der Waals surface area contributed by atoms with Crippen molar-refractivity contribution in [3.05, 3.63) is 65.7 Å². The zero-order valence-corrected chi connectivity index (χ0v) is 20.3. The minimum Gasteiger partial charge on any atom is -0.494 e. The standard InChI is InChI=1S/C29H37NO3/c1-4-29(2,3)28(31)33-21-13-8-6-5-7-12-20-32-27-18-16-24(17-19-27)22-26(23-30)25-14-10-9-11-15-25/h9-11,14-19,22H,4-8,12-13,20-21H2,1-3H3/b26-22+. The molecule has 0 saturated carbocycles. The summed E-state index contributed by atoms with van der Waals surface area (Å²) in [5.74, 6) is 0.759. The third-order valence-electron chi connectivity index (χ3n) is 5.87. The van der Waals surface area contributed by atoms with Crippen molar-refractivity contribution in [3.63, 3.8) is 0 Å². The normalized spacial score (nSPS) is 11.6. The van der Waals surface area contributed by atoms with Crippen LogP contribution in [-0.4, -0.2) is 19.2 Å². The highest BCUT2D eigenvalue weighted by molar-refractivity contribution is 5.89. The number of nitriles is 1. The first kappa shape index (κ1) is 26.2. The van der Waals surface area contributed by atoms with E-state index in [0.717, 1.165) is 61.8 Å². The summed E-state index contributed by atoms with van der Waals surface area (Å²) in [5, 5.41) is 9.44. The Hall–Kier alpha value is -3.06. The van der Waals surface area contributed by atoms with Crippen molar-refractivity contribution < 1.29 is 14.3 Å². The van der Waals surface area contributed by atoms with Crippen LogP contribution in [0, 0.1) is 16.7 Å². The van der Waals surface area contributed by atoms with Crippen LogP contribution in [0.5, 0.6) is 5.75 Å². The lowest BCUT2D eigenvalue weighted by molar-refractivity contribution is -0.154. The highest BCUT2D eigenvalue weighted by Gasteiger charge is 2.26. The number of hydrogen-bond acceptors (Lipinski definition) is 4. The van der Waals surface area contributed by atoms with Crippen molar-refractivity contribution in [1.29, 1.82) is 5.26 Å². The minimum atomic E-state index is -0.376. The number of nitrogens with zero attached hydrogens (tertiary/aromatic N) is 1. The van der Waals surface area contributed by atoms with Gasteiger partial charge in [-0.2, -0.15) is 5.26 Å². The molecule has 0 aromatic heterocycles. The van der Waals surface area contributed by atoms with Gasteiger partial charge >= 0.3 is 5.97 Å². The summed E-state index contributed by atoms with van der Waals surface area (Å²) in [7, 11) is 0. The van der Waals surface area contributed by atoms with Crippen LogP contribution in [0.15, 0.2) is 54.6 Å². The van der Waals surface area contributed by atoms with E-state index >= 15 is 0 Å². The number of carbonyl (C=O) groups excluding carboxylic acids is 1. The smallest absolute Gasteiger partial charge is 0.311 e. The molecule has 0 aliphatic heterocycles. The molecule has 0 bridgehead atoms. The zero-order valence-electron chi connectivity index (χ0n) is 20.3. The first-order valence-electron chi connectivity index (χ1n) is 12.0. The van der Waals surface area contributed by atoms with Crippen LogP contribution in [0.1, 0.15) is 76.8 Å². The van der Waals surface area contributed by atoms with Crippen LogP contribution in [0.25, 0.3) is 11.6 Å². The van der Waals surface area contributed by atoms with Crippen molar-refractivity contribution in [2.45, 2.75) is 65.7 Å². The fourth-order valence-corrected chi connectivity index (χ4v) is 3.23. The van der Waals surface area contributed by atoms with Crippen molar-refractivity contribution in [1.82, 2.24) is 0 Å². The number of ether oxygens (including phenoxy) is 2. The van der Waals surface area contributed by atoms with E-state index in [-0.39, 0.29) is 11.4 Å². The number of hydrogen-bond donors (Lipinski definition) is 0. The van der Waals surface area contributed by atoms with Gasteiger partial charge in [0.25, 0.3) is 0 Å². The largest absolute Gasteiger partial charge is 0.494 e. The fourth-order valence-electron chi connectivity index (χ4n) is 3.23. The SMILES string of the molecule is CCC(C)(C)C(=O)OCCCCCCCCOc1ccc(/C=C(\C#N)c2ccccc2)cc1. The van der Waals surface area contributed by atoms with Gasteiger partial charge in [-0.15, -0.1) is 0 Å². The van der Waals surface area contributed by atoms with E-state index in [9.17, 15) is 10.1 Å². The summed E-state index contributed by atoms with van der Waals surface area (Å²) in [5.41, 5.74) is 2.17. The molecule has 176 valence electrons. The number of unbranched alkanes of at least 4 members (excludes halogenated alkanes) is 5. The molecule has 2 aromatic rings. The molecule has 0 spiro atoms. The average molecular weight is 448 g/mol. The number of benzene rings is 2. The molecule has 0 aliphatic carbocycles. The summed E-state index contributed by atoms with van der Waals surface area (Å²) in [6.45, 7) is 7.10. The van der Waals surface area contributed by atoms with Crippen LogP contribution >= 0.6 is 0 Å². The number of rotatable bonds is 14. The monoisotopic (exact) mass is 447 g/mol. The van der Waals surface area contributed by atoms with Crippen molar-refractivity contribution >= 4 is 17.6 Å². The maximum atomic E-state index is 11.9. The zero-order chi connectivity index (χ0) is 23.9. The predicted octanol–water partition coefficient (Wildman–Crippen LogP) is 7.45. The van der Waals surface area contributed by atoms with Crippen molar-refractivity contribution in [2.75, 3.05) is 13.2 Å². The highest BCUT2D eigenvalue weighted by atomic mass is 16.5. The van der Waals surface area contributed by atoms with E-state index in [1.165, 1.54) is 0 Å². The Morgan fingerprint density at radius 2 is 1.52 bits per heavy atom. The Kier molecular flexibility index (Phi) is 11.2. The van der Waals surface area contributed by atoms with Gasteiger partial charge in [-0.3, -0.25) is 4.79 Å². The molecule has 2 aromatic carbocycles. The van der Waals surface area contributed by atoms with E-state index in [4.69, 9.17) is 9.47 Å². The molecule has 0 amide bonds. The second kappa shape index (κ2) is 14.2. The second-order valence-electron chi connectivity index (χ2n) is 8.95. The van der Waals surface area contributed by atoms with Gasteiger partial charge in [-0.1, -0.05) is 75.1 Å². The molecular weight excluding hydrogens is 410 g/mol. The van der Waals surface area contributed by atoms with Crippen LogP contribution in [0.2, 0.25) is 0 Å². The molecule has 0 aliphatic rings. The molecule has 0 saturated heterocycles. The number of carbonyl (C=O) groups is 1. The van der Waals surface area contributed by atoms with E-state index in [1.54, 1.807) is 0 Å². The Morgan fingerprint density at radius 1 is 0.909 bits per heavy atom. The van der Waals surface area contributed by atoms with Gasteiger partial charge in [0.2, 0.25) is 0 Å². The molecule has 0 unspecified atom stereocenters. The van der Waals surface area contributed by atoms with Gasteiger partial charge in [0.15, 0.2) is 0 Å². The van der Waals surface area contributed by atoms with Gasteiger partial charge in [-0.05, 0) is 62.4 Å². The molecule has 0 heterocycles. The van der Waals surface area contributed by atoms with E-state index in [2.05, 4.69) is 6.07 Å². The molecule has 2 rings (SSSR count). The Morgan fingerprint density at radius 3 is 2.12 bits per heavy atom. The highest BCUT2D eigenvalue weighted by Crippen LogP contribution is 2.22. The van der Waals surface area contributed by atoms with E-state index in [1.807, 2.05) is 81.4 Å². The third kappa shape index (κ3) is 9.53. The van der Waals surface area contributed by atoms with Crippen LogP contribution in [0.3, 0.4) is 0 Å². The number of esters is 1. The molecule has 0 atom stereocenters. The maximum Gasteiger partial charge on any atom is 0.311 e. The fraction of sp³-hybridized carbons (Fsp3) is 0.448. The summed E-state index contributed by atoms with van der Waals surface area (Å²) in [6.07, 6.45) is 9.18. The van der Waals surface area contributed by atoms with Crippen LogP contribution in [0.4, 0.5) is 0 Å². The first-order valence-corrected chi connectivity index (χ1v) is 12.0. The van der Waals surface area contributed by atoms with Crippen molar-refractivity contribution in [2.24, 2.45) is 5.41 Å². The molecule has 4 heteroatoms. The third-order valence-corrected chi connectivity index (χ3v) is 5.87. The maximum absolute atomic E-state index is 11.9. The van der Waals surface area contributed by atoms with E-state index in [0.29, 0.717) is 18.8 Å². The lowest BCUT2D eigenvalue weighted by Gasteiger charge is -2.20. The quantitative estimate of drug-likeness (QED) is 0.131. The van der Waals surface area contributed by atoms with Gasteiger partial charge in [0.05, 0.1) is 30.3 Å². The minimum absolute atomic E-state index is 0.0899. The molecule has 4 nitrogen and oxygen atoms in total. The van der Waals surface area contributed by atoms with Crippen LogP contribution < -0.4 is 4.74 Å². The van der Waals surface area contributed by atoms with Crippen LogP contribution in [-0.2, 0) is 9.53 Å². The molecule has 33 heavy (non-hydrogen) atoms. The second-order valence-corrected chi connectivity index (χ2v) is 8.95. The number of allylic oxidation sites excluding steroid dienone is 1. The van der Waals surface area contributed by atoms with E-state index < -0.39 is 0 Å². The van der Waals surface area contributed by atoms with Gasteiger partial charge < -0.3 is 9.47 Å². The van der Waals surface area contributed by atoms with Crippen molar-refractivity contribution in [3.8, 4) is 11.8 Å². The lowest BCUT2D eigenvalue weighted by atomic mass is 9.91. The Labute approximate surface area is 199 Å². The molecule has 0 radical (unpaired) electrons. The summed E-state index contributed by atoms with van der Waals surface area (Å²) < 4.78 is 11.2. The summed E-state index contributed by atoms with van der Waals surface area (Å²) in [4.78, 5) is 11.9. The summed E-state index contributed by atoms with van der Waals surface area (Å²) >= 11 is 0. The van der Waals surface area contributed by atoms with Gasteiger partial charge in [0, 0.05) is 0 Å². The predicted molar refractivity (Wildman–Crippen MR) is 135 cm³/mol. The average Bonchev–Trinajstić information content (AvgIpc) is 2.84.